The molecule has 3 heterocycles. The zero-order chi connectivity index (χ0) is 20.9. The van der Waals surface area contributed by atoms with Crippen LogP contribution in [0.15, 0.2) is 56.5 Å². The summed E-state index contributed by atoms with van der Waals surface area (Å²) in [6, 6.07) is 12.0. The average molecular weight is 488 g/mol. The molecular formula is C20H18BrN5O3S. The van der Waals surface area contributed by atoms with Crippen molar-refractivity contribution in [1.29, 1.82) is 0 Å². The summed E-state index contributed by atoms with van der Waals surface area (Å²) in [5.41, 5.74) is 1.99. The van der Waals surface area contributed by atoms with Crippen LogP contribution >= 0.6 is 27.3 Å². The molecule has 10 heteroatoms. The molecule has 0 fully saturated rings. The fraction of sp³-hybridized carbons (Fsp3) is 0.200. The van der Waals surface area contributed by atoms with Crippen LogP contribution in [0.3, 0.4) is 0 Å². The van der Waals surface area contributed by atoms with Gasteiger partial charge in [0, 0.05) is 23.2 Å². The van der Waals surface area contributed by atoms with E-state index in [0.717, 1.165) is 33.8 Å². The molecule has 0 amide bonds. The van der Waals surface area contributed by atoms with Gasteiger partial charge in [0.15, 0.2) is 5.82 Å². The first-order chi connectivity index (χ1) is 14.6. The molecular weight excluding hydrogens is 470 g/mol. The quantitative estimate of drug-likeness (QED) is 0.380. The number of halogens is 1. The Morgan fingerprint density at radius 2 is 2.07 bits per heavy atom. The molecule has 0 aliphatic heterocycles. The maximum absolute atomic E-state index is 11.3. The highest BCUT2D eigenvalue weighted by Crippen LogP contribution is 2.41. The van der Waals surface area contributed by atoms with Crippen LogP contribution in [-0.4, -0.2) is 33.3 Å². The lowest BCUT2D eigenvalue weighted by atomic mass is 10.1. The fourth-order valence-corrected chi connectivity index (χ4v) is 4.10. The highest BCUT2D eigenvalue weighted by molar-refractivity contribution is 9.10. The van der Waals surface area contributed by atoms with Gasteiger partial charge in [0.1, 0.15) is 22.8 Å². The van der Waals surface area contributed by atoms with Gasteiger partial charge in [-0.3, -0.25) is 9.51 Å². The van der Waals surface area contributed by atoms with E-state index in [0.29, 0.717) is 23.1 Å². The standard InChI is InChI=1S/C20H18BrN5O3S/c1-2-28-15-10-16(30-18(15)19-25-20(27)29-26-19)14-9-17(24-11-23-14)22-8-7-12-3-5-13(21)6-4-12/h3-6,9-11H,2,7-8H2,1H3,(H,22,23,24)(H,25,26,27). The smallest absolute Gasteiger partial charge is 0.439 e. The molecule has 30 heavy (non-hydrogen) atoms. The molecule has 2 N–H and O–H groups in total. The minimum atomic E-state index is -0.610. The van der Waals surface area contributed by atoms with Crippen LogP contribution in [0.25, 0.3) is 21.3 Å². The molecule has 0 bridgehead atoms. The van der Waals surface area contributed by atoms with Gasteiger partial charge in [-0.1, -0.05) is 33.2 Å². The lowest BCUT2D eigenvalue weighted by Crippen LogP contribution is -2.06. The minimum absolute atomic E-state index is 0.335. The number of anilines is 1. The molecule has 3 aromatic heterocycles. The van der Waals surface area contributed by atoms with Crippen molar-refractivity contribution >= 4 is 33.1 Å². The number of ether oxygens (including phenoxy) is 1. The largest absolute Gasteiger partial charge is 0.492 e. The Labute approximate surface area is 184 Å². The Kier molecular flexibility index (Phi) is 6.24. The lowest BCUT2D eigenvalue weighted by molar-refractivity contribution is 0.342. The highest BCUT2D eigenvalue weighted by Gasteiger charge is 2.18. The van der Waals surface area contributed by atoms with Gasteiger partial charge in [0.25, 0.3) is 0 Å². The van der Waals surface area contributed by atoms with Gasteiger partial charge >= 0.3 is 5.76 Å². The van der Waals surface area contributed by atoms with Crippen molar-refractivity contribution in [2.24, 2.45) is 0 Å². The predicted molar refractivity (Wildman–Crippen MR) is 119 cm³/mol. The van der Waals surface area contributed by atoms with Crippen molar-refractivity contribution in [3.8, 4) is 27.0 Å². The number of hydrogen-bond acceptors (Lipinski definition) is 8. The molecule has 4 aromatic rings. The number of benzene rings is 1. The van der Waals surface area contributed by atoms with E-state index in [4.69, 9.17) is 4.74 Å². The molecule has 0 saturated carbocycles. The van der Waals surface area contributed by atoms with Crippen molar-refractivity contribution < 1.29 is 9.26 Å². The minimum Gasteiger partial charge on any atom is -0.492 e. The molecule has 4 rings (SSSR count). The predicted octanol–water partition coefficient (Wildman–Crippen LogP) is 4.36. The SMILES string of the molecule is CCOc1cc(-c2cc(NCCc3ccc(Br)cc3)ncn2)sc1-c1noc(=O)[nH]1. The summed E-state index contributed by atoms with van der Waals surface area (Å²) in [6.07, 6.45) is 2.40. The number of thiophene rings is 1. The normalized spacial score (nSPS) is 10.9. The van der Waals surface area contributed by atoms with E-state index in [1.54, 1.807) is 0 Å². The van der Waals surface area contributed by atoms with E-state index >= 15 is 0 Å². The van der Waals surface area contributed by atoms with E-state index in [2.05, 4.69) is 58.0 Å². The Balaban J connectivity index is 1.51. The van der Waals surface area contributed by atoms with Gasteiger partial charge in [-0.2, -0.15) is 0 Å². The van der Waals surface area contributed by atoms with Crippen molar-refractivity contribution in [3.05, 3.63) is 63.3 Å². The van der Waals surface area contributed by atoms with Crippen molar-refractivity contribution in [3.63, 3.8) is 0 Å². The van der Waals surface area contributed by atoms with Gasteiger partial charge in [-0.25, -0.2) is 14.8 Å². The van der Waals surface area contributed by atoms with Gasteiger partial charge in [-0.15, -0.1) is 11.3 Å². The Bertz CT molecular complexity index is 1190. The number of H-pyrrole nitrogens is 1. The molecule has 0 saturated heterocycles. The van der Waals surface area contributed by atoms with E-state index in [1.165, 1.54) is 23.2 Å². The summed E-state index contributed by atoms with van der Waals surface area (Å²) in [5, 5.41) is 7.10. The fourth-order valence-electron chi connectivity index (χ4n) is 2.83. The first-order valence-corrected chi connectivity index (χ1v) is 10.9. The molecule has 0 aliphatic rings. The van der Waals surface area contributed by atoms with Crippen LogP contribution in [0.4, 0.5) is 5.82 Å². The number of aromatic nitrogens is 4. The molecule has 0 aliphatic carbocycles. The molecule has 154 valence electrons. The average Bonchev–Trinajstić information content (AvgIpc) is 3.36. The van der Waals surface area contributed by atoms with Crippen LogP contribution in [-0.2, 0) is 6.42 Å². The Morgan fingerprint density at radius 1 is 1.23 bits per heavy atom. The second kappa shape index (κ2) is 9.23. The van der Waals surface area contributed by atoms with E-state index in [-0.39, 0.29) is 0 Å². The summed E-state index contributed by atoms with van der Waals surface area (Å²) in [5.74, 6) is 1.08. The molecule has 0 unspecified atom stereocenters. The summed E-state index contributed by atoms with van der Waals surface area (Å²) in [7, 11) is 0. The Hall–Kier alpha value is -2.98. The molecule has 0 spiro atoms. The van der Waals surface area contributed by atoms with Gasteiger partial charge in [0.2, 0.25) is 0 Å². The van der Waals surface area contributed by atoms with Crippen molar-refractivity contribution in [2.75, 3.05) is 18.5 Å². The number of nitrogens with zero attached hydrogens (tertiary/aromatic N) is 3. The van der Waals surface area contributed by atoms with Crippen LogP contribution in [0.5, 0.6) is 5.75 Å². The van der Waals surface area contributed by atoms with Crippen LogP contribution in [0, 0.1) is 0 Å². The number of rotatable bonds is 8. The van der Waals surface area contributed by atoms with Crippen LogP contribution in [0.1, 0.15) is 12.5 Å². The third kappa shape index (κ3) is 4.77. The second-order valence-electron chi connectivity index (χ2n) is 6.27. The van der Waals surface area contributed by atoms with E-state index < -0.39 is 5.76 Å². The van der Waals surface area contributed by atoms with E-state index in [9.17, 15) is 4.79 Å². The lowest BCUT2D eigenvalue weighted by Gasteiger charge is -2.06. The number of aromatic amines is 1. The number of hydrogen-bond donors (Lipinski definition) is 2. The van der Waals surface area contributed by atoms with Crippen molar-refractivity contribution in [2.45, 2.75) is 13.3 Å². The van der Waals surface area contributed by atoms with Crippen LogP contribution < -0.4 is 15.8 Å². The first-order valence-electron chi connectivity index (χ1n) is 9.26. The molecule has 1 aromatic carbocycles. The first kappa shape index (κ1) is 20.3. The molecule has 0 radical (unpaired) electrons. The van der Waals surface area contributed by atoms with Gasteiger partial charge in [-0.05, 0) is 31.0 Å². The highest BCUT2D eigenvalue weighted by atomic mass is 79.9. The van der Waals surface area contributed by atoms with Crippen molar-refractivity contribution in [1.82, 2.24) is 20.1 Å². The molecule has 0 atom stereocenters. The monoisotopic (exact) mass is 487 g/mol. The Morgan fingerprint density at radius 3 is 2.80 bits per heavy atom. The second-order valence-corrected chi connectivity index (χ2v) is 8.24. The number of nitrogens with one attached hydrogen (secondary N) is 2. The maximum Gasteiger partial charge on any atom is 0.439 e. The molecule has 8 nitrogen and oxygen atoms in total. The zero-order valence-electron chi connectivity index (χ0n) is 16.0. The summed E-state index contributed by atoms with van der Waals surface area (Å²) in [6.45, 7) is 3.13. The maximum atomic E-state index is 11.3. The topological polar surface area (TPSA) is 106 Å². The van der Waals surface area contributed by atoms with Gasteiger partial charge < -0.3 is 10.1 Å². The third-order valence-corrected chi connectivity index (χ3v) is 5.88. The zero-order valence-corrected chi connectivity index (χ0v) is 18.4. The third-order valence-electron chi connectivity index (χ3n) is 4.21. The summed E-state index contributed by atoms with van der Waals surface area (Å²) >= 11 is 4.86. The summed E-state index contributed by atoms with van der Waals surface area (Å²) in [4.78, 5) is 24.1. The van der Waals surface area contributed by atoms with E-state index in [1.807, 2.05) is 31.2 Å². The van der Waals surface area contributed by atoms with Crippen LogP contribution in [0.2, 0.25) is 0 Å². The summed E-state index contributed by atoms with van der Waals surface area (Å²) < 4.78 is 11.4. The van der Waals surface area contributed by atoms with Gasteiger partial charge in [0.05, 0.1) is 17.2 Å².